The number of fused-ring (bicyclic) bond motifs is 1. The summed E-state index contributed by atoms with van der Waals surface area (Å²) in [7, 11) is 2.00. The first-order chi connectivity index (χ1) is 7.31. The van der Waals surface area contributed by atoms with Crippen LogP contribution in [-0.2, 0) is 6.42 Å². The molecule has 0 saturated carbocycles. The highest BCUT2D eigenvalue weighted by atomic mass is 14.8. The number of aromatic amines is 1. The van der Waals surface area contributed by atoms with Crippen LogP contribution in [0.5, 0.6) is 0 Å². The molecule has 0 saturated heterocycles. The highest BCUT2D eigenvalue weighted by Gasteiger charge is 2.00. The summed E-state index contributed by atoms with van der Waals surface area (Å²) < 4.78 is 0. The molecule has 0 bridgehead atoms. The second-order valence-corrected chi connectivity index (χ2v) is 4.06. The minimum Gasteiger partial charge on any atom is -0.361 e. The predicted molar refractivity (Wildman–Crippen MR) is 65.3 cm³/mol. The van der Waals surface area contributed by atoms with Crippen molar-refractivity contribution in [2.75, 3.05) is 13.6 Å². The molecular weight excluding hydrogens is 184 g/mol. The quantitative estimate of drug-likeness (QED) is 0.733. The number of hydrogen-bond donors (Lipinski definition) is 2. The summed E-state index contributed by atoms with van der Waals surface area (Å²) in [5.41, 5.74) is 4.00. The third kappa shape index (κ3) is 2.21. The average Bonchev–Trinajstić information content (AvgIpc) is 2.61. The molecule has 2 heteroatoms. The lowest BCUT2D eigenvalue weighted by atomic mass is 10.1. The molecule has 1 aromatic heterocycles. The Bertz CT molecular complexity index is 443. The molecule has 0 atom stereocenters. The molecule has 80 valence electrons. The van der Waals surface area contributed by atoms with E-state index < -0.39 is 0 Å². The van der Waals surface area contributed by atoms with Crippen molar-refractivity contribution in [1.29, 1.82) is 0 Å². The smallest absolute Gasteiger partial charge is 0.0459 e. The number of aryl methyl sites for hydroxylation is 2. The molecule has 0 radical (unpaired) electrons. The van der Waals surface area contributed by atoms with Gasteiger partial charge < -0.3 is 10.3 Å². The van der Waals surface area contributed by atoms with Gasteiger partial charge in [-0.25, -0.2) is 0 Å². The van der Waals surface area contributed by atoms with Crippen molar-refractivity contribution in [2.45, 2.75) is 19.8 Å². The van der Waals surface area contributed by atoms with E-state index in [9.17, 15) is 0 Å². The molecule has 2 rings (SSSR count). The normalized spacial score (nSPS) is 11.1. The highest BCUT2D eigenvalue weighted by molar-refractivity contribution is 5.83. The zero-order valence-electron chi connectivity index (χ0n) is 9.43. The van der Waals surface area contributed by atoms with Gasteiger partial charge in [0.25, 0.3) is 0 Å². The van der Waals surface area contributed by atoms with Crippen molar-refractivity contribution in [3.63, 3.8) is 0 Å². The van der Waals surface area contributed by atoms with Crippen LogP contribution in [0.4, 0.5) is 0 Å². The molecule has 0 aliphatic carbocycles. The van der Waals surface area contributed by atoms with E-state index in [0.29, 0.717) is 0 Å². The van der Waals surface area contributed by atoms with Crippen molar-refractivity contribution in [2.24, 2.45) is 0 Å². The number of hydrogen-bond acceptors (Lipinski definition) is 1. The fourth-order valence-electron chi connectivity index (χ4n) is 1.94. The predicted octanol–water partition coefficient (Wildman–Crippen LogP) is 2.63. The zero-order chi connectivity index (χ0) is 10.7. The van der Waals surface area contributed by atoms with Gasteiger partial charge in [-0.1, -0.05) is 12.1 Å². The van der Waals surface area contributed by atoms with Gasteiger partial charge in [0.15, 0.2) is 0 Å². The van der Waals surface area contributed by atoms with Gasteiger partial charge in [0.1, 0.15) is 0 Å². The Labute approximate surface area is 90.7 Å². The molecule has 15 heavy (non-hydrogen) atoms. The fourth-order valence-corrected chi connectivity index (χ4v) is 1.94. The van der Waals surface area contributed by atoms with Crippen LogP contribution in [0.3, 0.4) is 0 Å². The van der Waals surface area contributed by atoms with Crippen molar-refractivity contribution >= 4 is 10.9 Å². The molecule has 0 fully saturated rings. The molecule has 2 N–H and O–H groups in total. The van der Waals surface area contributed by atoms with Crippen LogP contribution in [0.15, 0.2) is 24.4 Å². The Morgan fingerprint density at radius 1 is 1.33 bits per heavy atom. The van der Waals surface area contributed by atoms with E-state index >= 15 is 0 Å². The van der Waals surface area contributed by atoms with Crippen molar-refractivity contribution in [3.05, 3.63) is 35.5 Å². The number of H-pyrrole nitrogens is 1. The largest absolute Gasteiger partial charge is 0.361 e. The van der Waals surface area contributed by atoms with E-state index in [1.54, 1.807) is 0 Å². The third-order valence-corrected chi connectivity index (χ3v) is 2.85. The van der Waals surface area contributed by atoms with Gasteiger partial charge in [-0.15, -0.1) is 0 Å². The minimum absolute atomic E-state index is 1.09. The maximum Gasteiger partial charge on any atom is 0.0459 e. The van der Waals surface area contributed by atoms with Crippen LogP contribution in [0.2, 0.25) is 0 Å². The summed E-state index contributed by atoms with van der Waals surface area (Å²) in [6, 6.07) is 6.71. The summed E-state index contributed by atoms with van der Waals surface area (Å²) in [4.78, 5) is 3.30. The molecule has 1 aromatic carbocycles. The Morgan fingerprint density at radius 2 is 2.20 bits per heavy atom. The van der Waals surface area contributed by atoms with Crippen LogP contribution in [0.25, 0.3) is 10.9 Å². The maximum absolute atomic E-state index is 3.30. The molecule has 1 heterocycles. The molecular formula is C13H18N2. The summed E-state index contributed by atoms with van der Waals surface area (Å²) in [6.45, 7) is 3.22. The maximum atomic E-state index is 3.30. The van der Waals surface area contributed by atoms with Gasteiger partial charge in [0.05, 0.1) is 0 Å². The van der Waals surface area contributed by atoms with Gasteiger partial charge in [0.2, 0.25) is 0 Å². The van der Waals surface area contributed by atoms with Gasteiger partial charge in [0, 0.05) is 17.1 Å². The third-order valence-electron chi connectivity index (χ3n) is 2.85. The minimum atomic E-state index is 1.09. The standard InChI is InChI=1S/C13H18N2/c1-10-9-15-13-8-11(4-3-7-14-2)5-6-12(10)13/h5-6,8-9,14-15H,3-4,7H2,1-2H3. The van der Waals surface area contributed by atoms with E-state index in [4.69, 9.17) is 0 Å². The SMILES string of the molecule is CNCCCc1ccc2c(C)c[nH]c2c1. The van der Waals surface area contributed by atoms with E-state index in [1.807, 2.05) is 7.05 Å². The Kier molecular flexibility index (Phi) is 3.07. The topological polar surface area (TPSA) is 27.8 Å². The summed E-state index contributed by atoms with van der Waals surface area (Å²) in [5, 5.41) is 4.51. The molecule has 2 nitrogen and oxygen atoms in total. The van der Waals surface area contributed by atoms with Crippen molar-refractivity contribution < 1.29 is 0 Å². The second-order valence-electron chi connectivity index (χ2n) is 4.06. The zero-order valence-corrected chi connectivity index (χ0v) is 9.43. The van der Waals surface area contributed by atoms with E-state index in [0.717, 1.165) is 13.0 Å². The monoisotopic (exact) mass is 202 g/mol. The number of aromatic nitrogens is 1. The lowest BCUT2D eigenvalue weighted by Crippen LogP contribution is -2.08. The van der Waals surface area contributed by atoms with Crippen molar-refractivity contribution in [3.8, 4) is 0 Å². The fraction of sp³-hybridized carbons (Fsp3) is 0.385. The van der Waals surface area contributed by atoms with Gasteiger partial charge in [-0.3, -0.25) is 0 Å². The molecule has 0 unspecified atom stereocenters. The molecule has 2 aromatic rings. The first kappa shape index (κ1) is 10.2. The van der Waals surface area contributed by atoms with Crippen LogP contribution in [0.1, 0.15) is 17.5 Å². The van der Waals surface area contributed by atoms with E-state index in [2.05, 4.69) is 41.6 Å². The first-order valence-corrected chi connectivity index (χ1v) is 5.52. The Morgan fingerprint density at radius 3 is 3.00 bits per heavy atom. The van der Waals surface area contributed by atoms with Crippen molar-refractivity contribution in [1.82, 2.24) is 10.3 Å². The lowest BCUT2D eigenvalue weighted by molar-refractivity contribution is 0.725. The second kappa shape index (κ2) is 4.49. The average molecular weight is 202 g/mol. The Balaban J connectivity index is 2.16. The van der Waals surface area contributed by atoms with Crippen LogP contribution in [-0.4, -0.2) is 18.6 Å². The van der Waals surface area contributed by atoms with Gasteiger partial charge in [-0.2, -0.15) is 0 Å². The molecule has 0 aliphatic heterocycles. The molecule has 0 spiro atoms. The highest BCUT2D eigenvalue weighted by Crippen LogP contribution is 2.19. The Hall–Kier alpha value is -1.28. The summed E-state index contributed by atoms with van der Waals surface area (Å²) in [6.07, 6.45) is 4.42. The van der Waals surface area contributed by atoms with Crippen LogP contribution in [0, 0.1) is 6.92 Å². The van der Waals surface area contributed by atoms with Crippen LogP contribution >= 0.6 is 0 Å². The van der Waals surface area contributed by atoms with E-state index in [-0.39, 0.29) is 0 Å². The summed E-state index contributed by atoms with van der Waals surface area (Å²) >= 11 is 0. The van der Waals surface area contributed by atoms with Gasteiger partial charge in [-0.05, 0) is 50.6 Å². The van der Waals surface area contributed by atoms with Gasteiger partial charge >= 0.3 is 0 Å². The summed E-state index contributed by atoms with van der Waals surface area (Å²) in [5.74, 6) is 0. The number of nitrogens with one attached hydrogen (secondary N) is 2. The molecule has 0 amide bonds. The lowest BCUT2D eigenvalue weighted by Gasteiger charge is -2.01. The van der Waals surface area contributed by atoms with Crippen LogP contribution < -0.4 is 5.32 Å². The number of rotatable bonds is 4. The first-order valence-electron chi connectivity index (χ1n) is 5.52. The molecule has 0 aliphatic rings. The number of benzene rings is 1. The van der Waals surface area contributed by atoms with E-state index in [1.165, 1.54) is 28.5 Å².